The molecule has 1 aliphatic heterocycles. The lowest BCUT2D eigenvalue weighted by molar-refractivity contribution is 0.0685. The molecule has 4 heteroatoms. The van der Waals surface area contributed by atoms with Crippen molar-refractivity contribution >= 4 is 16.8 Å². The second-order valence-corrected chi connectivity index (χ2v) is 7.32. The summed E-state index contributed by atoms with van der Waals surface area (Å²) in [5, 5.41) is 0.931. The molecular formula is C22H23N3O. The Labute approximate surface area is 153 Å². The zero-order valence-electron chi connectivity index (χ0n) is 15.3. The molecule has 1 aliphatic rings. The van der Waals surface area contributed by atoms with E-state index in [9.17, 15) is 4.79 Å². The molecule has 2 aromatic heterocycles. The van der Waals surface area contributed by atoms with Crippen molar-refractivity contribution < 1.29 is 4.79 Å². The molecule has 0 N–H and O–H groups in total. The standard InChI is InChI=1S/C22H23N3O/c1-15-7-8-20-18(11-15)19(22(26)25-10-4-5-16(2)14-25)12-21(24-20)17-6-3-9-23-13-17/h3,6-9,11-13,16H,4-5,10,14H2,1-2H3/t16-/m1/s1. The summed E-state index contributed by atoms with van der Waals surface area (Å²) < 4.78 is 0. The number of likely N-dealkylation sites (tertiary alicyclic amines) is 1. The number of benzene rings is 1. The van der Waals surface area contributed by atoms with Gasteiger partial charge in [0.2, 0.25) is 0 Å². The number of hydrogen-bond donors (Lipinski definition) is 0. The number of pyridine rings is 2. The first kappa shape index (κ1) is 16.7. The minimum atomic E-state index is 0.111. The van der Waals surface area contributed by atoms with E-state index < -0.39 is 0 Å². The Bertz CT molecular complexity index is 952. The number of carbonyl (C=O) groups excluding carboxylic acids is 1. The van der Waals surface area contributed by atoms with E-state index in [0.29, 0.717) is 5.92 Å². The smallest absolute Gasteiger partial charge is 0.254 e. The van der Waals surface area contributed by atoms with Gasteiger partial charge in [0.15, 0.2) is 0 Å². The number of fused-ring (bicyclic) bond motifs is 1. The molecule has 0 bridgehead atoms. The second-order valence-electron chi connectivity index (χ2n) is 7.32. The number of aromatic nitrogens is 2. The van der Waals surface area contributed by atoms with Gasteiger partial charge in [0.05, 0.1) is 16.8 Å². The molecule has 4 nitrogen and oxygen atoms in total. The molecule has 1 amide bonds. The minimum Gasteiger partial charge on any atom is -0.338 e. The Morgan fingerprint density at radius 1 is 1.23 bits per heavy atom. The van der Waals surface area contributed by atoms with Crippen molar-refractivity contribution in [3.05, 3.63) is 59.9 Å². The third-order valence-electron chi connectivity index (χ3n) is 5.10. The molecule has 3 aromatic rings. The molecule has 132 valence electrons. The zero-order chi connectivity index (χ0) is 18.1. The Morgan fingerprint density at radius 3 is 2.88 bits per heavy atom. The van der Waals surface area contributed by atoms with Gasteiger partial charge in [0.1, 0.15) is 0 Å². The van der Waals surface area contributed by atoms with E-state index in [2.05, 4.69) is 18.0 Å². The first-order valence-electron chi connectivity index (χ1n) is 9.23. The van der Waals surface area contributed by atoms with Gasteiger partial charge in [0.25, 0.3) is 5.91 Å². The molecular weight excluding hydrogens is 322 g/mol. The van der Waals surface area contributed by atoms with Crippen LogP contribution in [0.4, 0.5) is 0 Å². The van der Waals surface area contributed by atoms with E-state index >= 15 is 0 Å². The van der Waals surface area contributed by atoms with Gasteiger partial charge < -0.3 is 4.90 Å². The zero-order valence-corrected chi connectivity index (χ0v) is 15.3. The van der Waals surface area contributed by atoms with Crippen LogP contribution in [0.1, 0.15) is 35.7 Å². The minimum absolute atomic E-state index is 0.111. The number of nitrogens with zero attached hydrogens (tertiary/aromatic N) is 3. The Morgan fingerprint density at radius 2 is 2.12 bits per heavy atom. The predicted molar refractivity (Wildman–Crippen MR) is 104 cm³/mol. The number of piperidine rings is 1. The van der Waals surface area contributed by atoms with Crippen LogP contribution in [-0.2, 0) is 0 Å². The lowest BCUT2D eigenvalue weighted by Crippen LogP contribution is -2.39. The third kappa shape index (κ3) is 3.19. The van der Waals surface area contributed by atoms with E-state index in [1.165, 1.54) is 6.42 Å². The maximum absolute atomic E-state index is 13.3. The highest BCUT2D eigenvalue weighted by Crippen LogP contribution is 2.27. The van der Waals surface area contributed by atoms with Crippen LogP contribution in [0, 0.1) is 12.8 Å². The SMILES string of the molecule is Cc1ccc2nc(-c3cccnc3)cc(C(=O)N3CCC[C@@H](C)C3)c2c1. The maximum atomic E-state index is 13.3. The number of carbonyl (C=O) groups is 1. The van der Waals surface area contributed by atoms with Gasteiger partial charge in [-0.3, -0.25) is 9.78 Å². The van der Waals surface area contributed by atoms with Crippen molar-refractivity contribution in [3.8, 4) is 11.3 Å². The summed E-state index contributed by atoms with van der Waals surface area (Å²) in [6, 6.07) is 11.9. The van der Waals surface area contributed by atoms with Crippen LogP contribution in [0.15, 0.2) is 48.8 Å². The topological polar surface area (TPSA) is 46.1 Å². The van der Waals surface area contributed by atoms with Gasteiger partial charge in [-0.2, -0.15) is 0 Å². The van der Waals surface area contributed by atoms with Gasteiger partial charge in [-0.1, -0.05) is 18.6 Å². The number of aryl methyl sites for hydroxylation is 1. The summed E-state index contributed by atoms with van der Waals surface area (Å²) in [7, 11) is 0. The van der Waals surface area contributed by atoms with E-state index in [0.717, 1.165) is 52.8 Å². The van der Waals surface area contributed by atoms with Crippen molar-refractivity contribution in [1.82, 2.24) is 14.9 Å². The van der Waals surface area contributed by atoms with Crippen LogP contribution >= 0.6 is 0 Å². The fourth-order valence-corrected chi connectivity index (χ4v) is 3.72. The van der Waals surface area contributed by atoms with E-state index in [-0.39, 0.29) is 5.91 Å². The molecule has 3 heterocycles. The molecule has 1 saturated heterocycles. The van der Waals surface area contributed by atoms with Gasteiger partial charge in [-0.15, -0.1) is 0 Å². The summed E-state index contributed by atoms with van der Waals surface area (Å²) in [5.41, 5.74) is 4.45. The van der Waals surface area contributed by atoms with Crippen molar-refractivity contribution in [2.24, 2.45) is 5.92 Å². The fraction of sp³-hybridized carbons (Fsp3) is 0.318. The average molecular weight is 345 g/mol. The Hall–Kier alpha value is -2.75. The number of amides is 1. The lowest BCUT2D eigenvalue weighted by atomic mass is 9.97. The van der Waals surface area contributed by atoms with Crippen molar-refractivity contribution in [1.29, 1.82) is 0 Å². The van der Waals surface area contributed by atoms with Gasteiger partial charge >= 0.3 is 0 Å². The van der Waals surface area contributed by atoms with E-state index in [1.807, 2.05) is 42.2 Å². The Kier molecular flexibility index (Phi) is 4.41. The molecule has 0 saturated carbocycles. The number of hydrogen-bond acceptors (Lipinski definition) is 3. The highest BCUT2D eigenvalue weighted by atomic mass is 16.2. The highest BCUT2D eigenvalue weighted by Gasteiger charge is 2.24. The monoisotopic (exact) mass is 345 g/mol. The molecule has 1 fully saturated rings. The van der Waals surface area contributed by atoms with Crippen LogP contribution in [0.2, 0.25) is 0 Å². The van der Waals surface area contributed by atoms with E-state index in [4.69, 9.17) is 4.98 Å². The summed E-state index contributed by atoms with van der Waals surface area (Å²) in [4.78, 5) is 24.3. The molecule has 1 aromatic carbocycles. The average Bonchev–Trinajstić information content (AvgIpc) is 2.67. The van der Waals surface area contributed by atoms with Crippen LogP contribution in [0.3, 0.4) is 0 Å². The Balaban J connectivity index is 1.85. The molecule has 0 spiro atoms. The summed E-state index contributed by atoms with van der Waals surface area (Å²) in [6.07, 6.45) is 5.81. The summed E-state index contributed by atoms with van der Waals surface area (Å²) in [5.74, 6) is 0.667. The molecule has 0 unspecified atom stereocenters. The highest BCUT2D eigenvalue weighted by molar-refractivity contribution is 6.07. The maximum Gasteiger partial charge on any atom is 0.254 e. The van der Waals surface area contributed by atoms with Crippen molar-refractivity contribution in [2.45, 2.75) is 26.7 Å². The van der Waals surface area contributed by atoms with Crippen LogP contribution in [-0.4, -0.2) is 33.9 Å². The molecule has 4 rings (SSSR count). The summed E-state index contributed by atoms with van der Waals surface area (Å²) in [6.45, 7) is 5.93. The first-order chi connectivity index (χ1) is 12.6. The van der Waals surface area contributed by atoms with Crippen molar-refractivity contribution in [3.63, 3.8) is 0 Å². The molecule has 0 aliphatic carbocycles. The first-order valence-corrected chi connectivity index (χ1v) is 9.23. The van der Waals surface area contributed by atoms with Crippen LogP contribution in [0.5, 0.6) is 0 Å². The van der Waals surface area contributed by atoms with Crippen LogP contribution < -0.4 is 0 Å². The molecule has 1 atom stereocenters. The van der Waals surface area contributed by atoms with Gasteiger partial charge in [-0.05, 0) is 56.0 Å². The molecule has 26 heavy (non-hydrogen) atoms. The largest absolute Gasteiger partial charge is 0.338 e. The quantitative estimate of drug-likeness (QED) is 0.688. The van der Waals surface area contributed by atoms with Crippen molar-refractivity contribution in [2.75, 3.05) is 13.1 Å². The fourth-order valence-electron chi connectivity index (χ4n) is 3.72. The molecule has 0 radical (unpaired) electrons. The lowest BCUT2D eigenvalue weighted by Gasteiger charge is -2.31. The second kappa shape index (κ2) is 6.87. The van der Waals surface area contributed by atoms with E-state index in [1.54, 1.807) is 12.4 Å². The number of rotatable bonds is 2. The normalized spacial score (nSPS) is 17.5. The predicted octanol–water partition coefficient (Wildman–Crippen LogP) is 4.48. The third-order valence-corrected chi connectivity index (χ3v) is 5.10. The summed E-state index contributed by atoms with van der Waals surface area (Å²) >= 11 is 0. The van der Waals surface area contributed by atoms with Gasteiger partial charge in [-0.25, -0.2) is 4.98 Å². The van der Waals surface area contributed by atoms with Crippen LogP contribution in [0.25, 0.3) is 22.2 Å². The van der Waals surface area contributed by atoms with Gasteiger partial charge in [0, 0.05) is 36.4 Å².